The van der Waals surface area contributed by atoms with Gasteiger partial charge in [-0.05, 0) is 56.5 Å². The number of hydrogen-bond donors (Lipinski definition) is 3. The SMILES string of the molecule is CCCCCCCC/C=C\CCCCCCC(CCS)(CCS)C(=O)O. The molecule has 0 saturated heterocycles. The smallest absolute Gasteiger partial charge is 0.309 e. The van der Waals surface area contributed by atoms with Crippen molar-refractivity contribution in [1.29, 1.82) is 0 Å². The van der Waals surface area contributed by atoms with Crippen LogP contribution in [0.4, 0.5) is 0 Å². The van der Waals surface area contributed by atoms with Crippen molar-refractivity contribution < 1.29 is 9.90 Å². The van der Waals surface area contributed by atoms with Gasteiger partial charge in [0.15, 0.2) is 0 Å². The van der Waals surface area contributed by atoms with E-state index in [0.29, 0.717) is 24.3 Å². The summed E-state index contributed by atoms with van der Waals surface area (Å²) < 4.78 is 0. The zero-order valence-corrected chi connectivity index (χ0v) is 18.7. The maximum atomic E-state index is 11.7. The molecule has 0 aliphatic heterocycles. The molecule has 0 aliphatic carbocycles. The molecule has 0 bridgehead atoms. The Bertz CT molecular complexity index is 350. The Morgan fingerprint density at radius 2 is 1.23 bits per heavy atom. The Morgan fingerprint density at radius 3 is 1.69 bits per heavy atom. The number of hydrogen-bond acceptors (Lipinski definition) is 3. The van der Waals surface area contributed by atoms with Crippen LogP contribution < -0.4 is 0 Å². The predicted octanol–water partition coefficient (Wildman–Crippen LogP) is 7.34. The number of allylic oxidation sites excluding steroid dienone is 2. The summed E-state index contributed by atoms with van der Waals surface area (Å²) in [5.74, 6) is 0.589. The fraction of sp³-hybridized carbons (Fsp3) is 0.864. The van der Waals surface area contributed by atoms with E-state index in [-0.39, 0.29) is 0 Å². The normalized spacial score (nSPS) is 12.1. The van der Waals surface area contributed by atoms with Gasteiger partial charge < -0.3 is 5.11 Å². The zero-order valence-electron chi connectivity index (χ0n) is 16.9. The molecule has 0 rings (SSSR count). The molecular formula is C22H42O2S2. The second-order valence-electron chi connectivity index (χ2n) is 7.51. The molecule has 0 heterocycles. The average Bonchev–Trinajstić information content (AvgIpc) is 2.62. The van der Waals surface area contributed by atoms with Crippen molar-refractivity contribution in [2.45, 2.75) is 103 Å². The highest BCUT2D eigenvalue weighted by atomic mass is 32.1. The minimum Gasteiger partial charge on any atom is -0.481 e. The second kappa shape index (κ2) is 18.3. The first-order chi connectivity index (χ1) is 12.6. The first-order valence-electron chi connectivity index (χ1n) is 10.7. The lowest BCUT2D eigenvalue weighted by molar-refractivity contribution is -0.149. The van der Waals surface area contributed by atoms with Crippen LogP contribution in [0.1, 0.15) is 103 Å². The lowest BCUT2D eigenvalue weighted by Crippen LogP contribution is -2.32. The van der Waals surface area contributed by atoms with E-state index in [4.69, 9.17) is 0 Å². The van der Waals surface area contributed by atoms with Crippen LogP contribution in [-0.2, 0) is 4.79 Å². The quantitative estimate of drug-likeness (QED) is 0.120. The van der Waals surface area contributed by atoms with Crippen LogP contribution in [0, 0.1) is 5.41 Å². The topological polar surface area (TPSA) is 37.3 Å². The summed E-state index contributed by atoms with van der Waals surface area (Å²) in [6, 6.07) is 0. The minimum absolute atomic E-state index is 0.611. The lowest BCUT2D eigenvalue weighted by atomic mass is 9.77. The largest absolute Gasteiger partial charge is 0.481 e. The molecule has 0 fully saturated rings. The van der Waals surface area contributed by atoms with E-state index < -0.39 is 11.4 Å². The lowest BCUT2D eigenvalue weighted by Gasteiger charge is -2.28. The molecule has 2 nitrogen and oxygen atoms in total. The first-order valence-corrected chi connectivity index (χ1v) is 12.0. The summed E-state index contributed by atoms with van der Waals surface area (Å²) in [5, 5.41) is 9.61. The molecule has 0 aliphatic rings. The molecule has 0 amide bonds. The van der Waals surface area contributed by atoms with Gasteiger partial charge in [-0.15, -0.1) is 0 Å². The third kappa shape index (κ3) is 13.1. The Morgan fingerprint density at radius 1 is 0.769 bits per heavy atom. The third-order valence-corrected chi connectivity index (χ3v) is 5.75. The molecule has 154 valence electrons. The number of rotatable bonds is 19. The average molecular weight is 403 g/mol. The van der Waals surface area contributed by atoms with E-state index >= 15 is 0 Å². The number of carboxylic acid groups (broad SMARTS) is 1. The van der Waals surface area contributed by atoms with E-state index in [1.54, 1.807) is 0 Å². The van der Waals surface area contributed by atoms with Gasteiger partial charge in [-0.25, -0.2) is 0 Å². The van der Waals surface area contributed by atoms with Crippen LogP contribution in [0.2, 0.25) is 0 Å². The minimum atomic E-state index is -0.668. The van der Waals surface area contributed by atoms with Gasteiger partial charge >= 0.3 is 5.97 Å². The van der Waals surface area contributed by atoms with Crippen molar-refractivity contribution >= 4 is 31.2 Å². The highest BCUT2D eigenvalue weighted by molar-refractivity contribution is 7.80. The molecule has 0 unspecified atom stereocenters. The third-order valence-electron chi connectivity index (χ3n) is 5.30. The fourth-order valence-corrected chi connectivity index (χ4v) is 4.34. The highest BCUT2D eigenvalue weighted by Crippen LogP contribution is 2.34. The van der Waals surface area contributed by atoms with Crippen molar-refractivity contribution in [1.82, 2.24) is 0 Å². The highest BCUT2D eigenvalue weighted by Gasteiger charge is 2.36. The van der Waals surface area contributed by atoms with Gasteiger partial charge in [0, 0.05) is 0 Å². The molecule has 0 radical (unpaired) electrons. The van der Waals surface area contributed by atoms with E-state index in [2.05, 4.69) is 44.3 Å². The number of carbonyl (C=O) groups is 1. The Balaban J connectivity index is 3.69. The molecule has 0 saturated carbocycles. The Labute approximate surface area is 173 Å². The van der Waals surface area contributed by atoms with Gasteiger partial charge in [0.05, 0.1) is 5.41 Å². The van der Waals surface area contributed by atoms with Crippen molar-refractivity contribution in [3.8, 4) is 0 Å². The van der Waals surface area contributed by atoms with Crippen LogP contribution in [0.5, 0.6) is 0 Å². The van der Waals surface area contributed by atoms with Gasteiger partial charge in [-0.2, -0.15) is 25.3 Å². The predicted molar refractivity (Wildman–Crippen MR) is 122 cm³/mol. The molecule has 0 aromatic carbocycles. The zero-order chi connectivity index (χ0) is 19.5. The van der Waals surface area contributed by atoms with Crippen molar-refractivity contribution in [2.75, 3.05) is 11.5 Å². The Kier molecular flexibility index (Phi) is 18.2. The molecule has 0 atom stereocenters. The van der Waals surface area contributed by atoms with Crippen LogP contribution in [-0.4, -0.2) is 22.6 Å². The second-order valence-corrected chi connectivity index (χ2v) is 8.41. The number of unbranched alkanes of at least 4 members (excludes halogenated alkanes) is 10. The summed E-state index contributed by atoms with van der Waals surface area (Å²) in [6.45, 7) is 2.26. The van der Waals surface area contributed by atoms with Crippen molar-refractivity contribution in [3.63, 3.8) is 0 Å². The van der Waals surface area contributed by atoms with E-state index in [9.17, 15) is 9.90 Å². The monoisotopic (exact) mass is 402 g/mol. The van der Waals surface area contributed by atoms with E-state index in [0.717, 1.165) is 25.7 Å². The molecule has 1 N–H and O–H groups in total. The molecule has 26 heavy (non-hydrogen) atoms. The van der Waals surface area contributed by atoms with Gasteiger partial charge in [0.25, 0.3) is 0 Å². The van der Waals surface area contributed by atoms with E-state index in [1.807, 2.05) is 0 Å². The first kappa shape index (κ1) is 25.9. The summed E-state index contributed by atoms with van der Waals surface area (Å²) in [6.07, 6.45) is 21.8. The molecule has 0 aromatic rings. The van der Waals surface area contributed by atoms with Gasteiger partial charge in [0.1, 0.15) is 0 Å². The number of aliphatic carboxylic acids is 1. The summed E-state index contributed by atoms with van der Waals surface area (Å²) in [7, 11) is 0. The fourth-order valence-electron chi connectivity index (χ4n) is 3.48. The molecule has 0 spiro atoms. The van der Waals surface area contributed by atoms with Gasteiger partial charge in [-0.3, -0.25) is 4.79 Å². The number of carboxylic acids is 1. The van der Waals surface area contributed by atoms with Crippen LogP contribution >= 0.6 is 25.3 Å². The standard InChI is InChI=1S/C22H42O2S2/c1-2-3-4-5-6-7-8-9-10-11-12-13-14-15-16-22(17-19-25,18-20-26)21(23)24/h9-10,25-26H,2-8,11-20H2,1H3,(H,23,24)/b10-9-. The van der Waals surface area contributed by atoms with Crippen LogP contribution in [0.3, 0.4) is 0 Å². The van der Waals surface area contributed by atoms with Gasteiger partial charge in [-0.1, -0.05) is 70.4 Å². The maximum absolute atomic E-state index is 11.7. The Hall–Kier alpha value is -0.0900. The van der Waals surface area contributed by atoms with Crippen molar-refractivity contribution in [2.24, 2.45) is 5.41 Å². The molecule has 0 aromatic heterocycles. The van der Waals surface area contributed by atoms with E-state index in [1.165, 1.54) is 57.8 Å². The molecule has 4 heteroatoms. The van der Waals surface area contributed by atoms with Crippen molar-refractivity contribution in [3.05, 3.63) is 12.2 Å². The van der Waals surface area contributed by atoms with Gasteiger partial charge in [0.2, 0.25) is 0 Å². The summed E-state index contributed by atoms with van der Waals surface area (Å²) in [4.78, 5) is 11.7. The summed E-state index contributed by atoms with van der Waals surface area (Å²) in [5.41, 5.74) is -0.611. The number of thiol groups is 2. The molecular weight excluding hydrogens is 360 g/mol. The van der Waals surface area contributed by atoms with Crippen LogP contribution in [0.15, 0.2) is 12.2 Å². The van der Waals surface area contributed by atoms with Crippen LogP contribution in [0.25, 0.3) is 0 Å². The maximum Gasteiger partial charge on any atom is 0.309 e. The summed E-state index contributed by atoms with van der Waals surface area (Å²) >= 11 is 8.51.